The van der Waals surface area contributed by atoms with Crippen molar-refractivity contribution in [2.75, 3.05) is 0 Å². The molecular formula is C8H12N4. The van der Waals surface area contributed by atoms with E-state index in [1.165, 1.54) is 0 Å². The quantitative estimate of drug-likeness (QED) is 0.709. The molecule has 4 nitrogen and oxygen atoms in total. The van der Waals surface area contributed by atoms with Crippen molar-refractivity contribution >= 4 is 0 Å². The Morgan fingerprint density at radius 2 is 2.50 bits per heavy atom. The van der Waals surface area contributed by atoms with E-state index in [0.717, 1.165) is 11.3 Å². The largest absolute Gasteiger partial charge is 0.326 e. The number of aryl methyl sites for hydroxylation is 2. The first-order chi connectivity index (χ1) is 5.77. The Hall–Kier alpha value is -1.34. The van der Waals surface area contributed by atoms with Gasteiger partial charge in [-0.1, -0.05) is 0 Å². The fourth-order valence-corrected chi connectivity index (χ4v) is 1.04. The van der Waals surface area contributed by atoms with Crippen LogP contribution < -0.4 is 5.73 Å². The van der Waals surface area contributed by atoms with E-state index in [1.54, 1.807) is 4.68 Å². The summed E-state index contributed by atoms with van der Waals surface area (Å²) in [6.45, 7) is 3.08. The van der Waals surface area contributed by atoms with Crippen molar-refractivity contribution < 1.29 is 0 Å². The Morgan fingerprint density at radius 1 is 1.75 bits per heavy atom. The first-order valence-corrected chi connectivity index (χ1v) is 3.88. The zero-order valence-electron chi connectivity index (χ0n) is 7.12. The number of nitriles is 1. The van der Waals surface area contributed by atoms with E-state index in [4.69, 9.17) is 11.0 Å². The molecule has 64 valence electrons. The molecule has 0 aromatic carbocycles. The molecule has 0 bridgehead atoms. The second-order valence-electron chi connectivity index (χ2n) is 2.62. The van der Waals surface area contributed by atoms with Crippen LogP contribution in [0.4, 0.5) is 0 Å². The van der Waals surface area contributed by atoms with Gasteiger partial charge in [0.25, 0.3) is 0 Å². The molecule has 1 heterocycles. The summed E-state index contributed by atoms with van der Waals surface area (Å²) in [6.07, 6.45) is 2.39. The second-order valence-corrected chi connectivity index (χ2v) is 2.62. The van der Waals surface area contributed by atoms with Crippen LogP contribution >= 0.6 is 0 Å². The third-order valence-corrected chi connectivity index (χ3v) is 1.72. The Labute approximate surface area is 71.6 Å². The third-order valence-electron chi connectivity index (χ3n) is 1.72. The van der Waals surface area contributed by atoms with Crippen LogP contribution in [0.2, 0.25) is 0 Å². The molecule has 1 aromatic rings. The summed E-state index contributed by atoms with van der Waals surface area (Å²) in [5.41, 5.74) is 7.48. The lowest BCUT2D eigenvalue weighted by atomic mass is 10.3. The fraction of sp³-hybridized carbons (Fsp3) is 0.500. The minimum Gasteiger partial charge on any atom is -0.326 e. The first-order valence-electron chi connectivity index (χ1n) is 3.88. The van der Waals surface area contributed by atoms with Gasteiger partial charge in [0.05, 0.1) is 24.7 Å². The van der Waals surface area contributed by atoms with Crippen LogP contribution in [0.25, 0.3) is 0 Å². The molecule has 0 aliphatic heterocycles. The highest BCUT2D eigenvalue weighted by molar-refractivity contribution is 5.14. The van der Waals surface area contributed by atoms with E-state index in [2.05, 4.69) is 11.2 Å². The van der Waals surface area contributed by atoms with E-state index in [9.17, 15) is 0 Å². The Balaban J connectivity index is 2.70. The zero-order chi connectivity index (χ0) is 8.97. The Bertz CT molecular complexity index is 294. The van der Waals surface area contributed by atoms with Gasteiger partial charge in [0.15, 0.2) is 0 Å². The van der Waals surface area contributed by atoms with Gasteiger partial charge in [-0.2, -0.15) is 10.4 Å². The highest BCUT2D eigenvalue weighted by Crippen LogP contribution is 2.04. The Kier molecular flexibility index (Phi) is 2.83. The molecule has 0 amide bonds. The molecule has 0 spiro atoms. The number of nitrogens with two attached hydrogens (primary N) is 1. The van der Waals surface area contributed by atoms with Crippen LogP contribution in [-0.2, 0) is 13.1 Å². The molecule has 4 heteroatoms. The Morgan fingerprint density at radius 3 is 3.00 bits per heavy atom. The number of rotatable bonds is 3. The molecule has 0 aliphatic rings. The zero-order valence-corrected chi connectivity index (χ0v) is 7.12. The number of hydrogen-bond donors (Lipinski definition) is 1. The van der Waals surface area contributed by atoms with Crippen molar-refractivity contribution in [2.24, 2.45) is 5.73 Å². The maximum Gasteiger partial charge on any atom is 0.0641 e. The van der Waals surface area contributed by atoms with E-state index in [0.29, 0.717) is 19.5 Å². The third kappa shape index (κ3) is 1.83. The maximum absolute atomic E-state index is 8.35. The van der Waals surface area contributed by atoms with Gasteiger partial charge < -0.3 is 5.73 Å². The summed E-state index contributed by atoms with van der Waals surface area (Å²) >= 11 is 0. The van der Waals surface area contributed by atoms with Crippen molar-refractivity contribution in [3.8, 4) is 6.07 Å². The SMILES string of the molecule is Cc1nn(CCC#N)cc1CN. The standard InChI is InChI=1S/C8H12N4/c1-7-8(5-10)6-12(11-7)4-2-3-9/h6H,2,4-5,10H2,1H3. The summed E-state index contributed by atoms with van der Waals surface area (Å²) in [5.74, 6) is 0. The fourth-order valence-electron chi connectivity index (χ4n) is 1.04. The lowest BCUT2D eigenvalue weighted by Gasteiger charge is -1.92. The molecule has 0 saturated carbocycles. The normalized spacial score (nSPS) is 9.75. The lowest BCUT2D eigenvalue weighted by molar-refractivity contribution is 0.622. The number of aromatic nitrogens is 2. The van der Waals surface area contributed by atoms with E-state index < -0.39 is 0 Å². The van der Waals surface area contributed by atoms with Gasteiger partial charge in [0, 0.05) is 18.3 Å². The smallest absolute Gasteiger partial charge is 0.0641 e. The van der Waals surface area contributed by atoms with Gasteiger partial charge in [-0.25, -0.2) is 0 Å². The van der Waals surface area contributed by atoms with E-state index >= 15 is 0 Å². The van der Waals surface area contributed by atoms with Gasteiger partial charge in [0.2, 0.25) is 0 Å². The number of nitrogens with zero attached hydrogens (tertiary/aromatic N) is 3. The molecular weight excluding hydrogens is 152 g/mol. The molecule has 2 N–H and O–H groups in total. The van der Waals surface area contributed by atoms with Gasteiger partial charge >= 0.3 is 0 Å². The predicted molar refractivity (Wildman–Crippen MR) is 45.1 cm³/mol. The average Bonchev–Trinajstić information content (AvgIpc) is 2.43. The highest BCUT2D eigenvalue weighted by Gasteiger charge is 2.01. The maximum atomic E-state index is 8.35. The summed E-state index contributed by atoms with van der Waals surface area (Å²) < 4.78 is 1.76. The molecule has 12 heavy (non-hydrogen) atoms. The minimum absolute atomic E-state index is 0.491. The summed E-state index contributed by atoms with van der Waals surface area (Å²) in [4.78, 5) is 0. The van der Waals surface area contributed by atoms with Crippen molar-refractivity contribution in [3.63, 3.8) is 0 Å². The van der Waals surface area contributed by atoms with Crippen LogP contribution in [0.3, 0.4) is 0 Å². The molecule has 0 radical (unpaired) electrons. The lowest BCUT2D eigenvalue weighted by Crippen LogP contribution is -1.97. The van der Waals surface area contributed by atoms with Gasteiger partial charge in [-0.15, -0.1) is 0 Å². The summed E-state index contributed by atoms with van der Waals surface area (Å²) in [7, 11) is 0. The van der Waals surface area contributed by atoms with Crippen LogP contribution in [-0.4, -0.2) is 9.78 Å². The minimum atomic E-state index is 0.491. The summed E-state index contributed by atoms with van der Waals surface area (Å²) in [6, 6.07) is 2.07. The molecule has 0 atom stereocenters. The summed E-state index contributed by atoms with van der Waals surface area (Å²) in [5, 5.41) is 12.5. The van der Waals surface area contributed by atoms with Crippen molar-refractivity contribution in [1.82, 2.24) is 9.78 Å². The van der Waals surface area contributed by atoms with Gasteiger partial charge in [0.1, 0.15) is 0 Å². The molecule has 0 saturated heterocycles. The molecule has 0 fully saturated rings. The van der Waals surface area contributed by atoms with Crippen LogP contribution in [0.1, 0.15) is 17.7 Å². The van der Waals surface area contributed by atoms with Crippen molar-refractivity contribution in [3.05, 3.63) is 17.5 Å². The number of hydrogen-bond acceptors (Lipinski definition) is 3. The predicted octanol–water partition coefficient (Wildman–Crippen LogP) is 0.564. The average molecular weight is 164 g/mol. The highest BCUT2D eigenvalue weighted by atomic mass is 15.3. The molecule has 0 unspecified atom stereocenters. The first kappa shape index (κ1) is 8.75. The monoisotopic (exact) mass is 164 g/mol. The molecule has 0 aliphatic carbocycles. The van der Waals surface area contributed by atoms with Crippen LogP contribution in [0.5, 0.6) is 0 Å². The van der Waals surface area contributed by atoms with Crippen molar-refractivity contribution in [2.45, 2.75) is 26.4 Å². The second kappa shape index (κ2) is 3.88. The van der Waals surface area contributed by atoms with Crippen molar-refractivity contribution in [1.29, 1.82) is 5.26 Å². The van der Waals surface area contributed by atoms with Gasteiger partial charge in [-0.3, -0.25) is 4.68 Å². The van der Waals surface area contributed by atoms with E-state index in [-0.39, 0.29) is 0 Å². The van der Waals surface area contributed by atoms with Crippen LogP contribution in [0.15, 0.2) is 6.20 Å². The topological polar surface area (TPSA) is 67.6 Å². The molecule has 1 aromatic heterocycles. The molecule has 1 rings (SSSR count). The van der Waals surface area contributed by atoms with E-state index in [1.807, 2.05) is 13.1 Å². The van der Waals surface area contributed by atoms with Gasteiger partial charge in [-0.05, 0) is 6.92 Å². The van der Waals surface area contributed by atoms with Crippen LogP contribution in [0, 0.1) is 18.3 Å².